The first kappa shape index (κ1) is 13.2. The Hall–Kier alpha value is -2.83. The average molecular weight is 249 g/mol. The Morgan fingerprint density at radius 3 is 2.39 bits per heavy atom. The molecule has 0 spiro atoms. The summed E-state index contributed by atoms with van der Waals surface area (Å²) in [5.41, 5.74) is 4.72. The number of carbonyl (C=O) groups is 1. The SMILES string of the molecule is Nc1cc[nH+]c(=O)[nH]1.O=C(O)c1ccccc1[O-]. The van der Waals surface area contributed by atoms with Crippen LogP contribution in [0.1, 0.15) is 10.4 Å². The van der Waals surface area contributed by atoms with Crippen molar-refractivity contribution in [2.45, 2.75) is 0 Å². The van der Waals surface area contributed by atoms with Gasteiger partial charge in [0.1, 0.15) is 0 Å². The molecular weight excluding hydrogens is 238 g/mol. The van der Waals surface area contributed by atoms with E-state index in [2.05, 4.69) is 9.97 Å². The Morgan fingerprint density at radius 2 is 2.00 bits per heavy atom. The van der Waals surface area contributed by atoms with Gasteiger partial charge in [0.05, 0.1) is 11.8 Å². The first-order valence-electron chi connectivity index (χ1n) is 4.86. The van der Waals surface area contributed by atoms with E-state index in [4.69, 9.17) is 10.8 Å². The first-order valence-corrected chi connectivity index (χ1v) is 4.86. The monoisotopic (exact) mass is 249 g/mol. The van der Waals surface area contributed by atoms with Crippen LogP contribution < -0.4 is 21.5 Å². The Bertz CT molecular complexity index is 595. The minimum atomic E-state index is -1.18. The molecule has 0 amide bonds. The van der Waals surface area contributed by atoms with E-state index in [9.17, 15) is 14.7 Å². The fourth-order valence-corrected chi connectivity index (χ4v) is 1.06. The van der Waals surface area contributed by atoms with Crippen molar-refractivity contribution in [2.75, 3.05) is 5.73 Å². The highest BCUT2D eigenvalue weighted by Crippen LogP contribution is 2.10. The van der Waals surface area contributed by atoms with Crippen LogP contribution >= 0.6 is 0 Å². The first-order chi connectivity index (χ1) is 8.50. The van der Waals surface area contributed by atoms with E-state index in [0.29, 0.717) is 5.82 Å². The zero-order chi connectivity index (χ0) is 13.5. The molecule has 1 aromatic carbocycles. The summed E-state index contributed by atoms with van der Waals surface area (Å²) in [6.07, 6.45) is 1.48. The molecule has 18 heavy (non-hydrogen) atoms. The molecule has 0 unspecified atom stereocenters. The normalized spacial score (nSPS) is 9.11. The number of para-hydroxylation sites is 1. The number of nitrogens with one attached hydrogen (secondary N) is 2. The minimum absolute atomic E-state index is 0.178. The summed E-state index contributed by atoms with van der Waals surface area (Å²) < 4.78 is 0. The largest absolute Gasteiger partial charge is 0.872 e. The molecule has 0 aliphatic carbocycles. The molecule has 94 valence electrons. The summed E-state index contributed by atoms with van der Waals surface area (Å²) in [6.45, 7) is 0. The third kappa shape index (κ3) is 3.97. The number of anilines is 1. The summed E-state index contributed by atoms with van der Waals surface area (Å²) >= 11 is 0. The third-order valence-electron chi connectivity index (χ3n) is 1.85. The Kier molecular flexibility index (Phi) is 4.44. The maximum Gasteiger partial charge on any atom is 0.495 e. The second-order valence-electron chi connectivity index (χ2n) is 3.19. The molecule has 1 heterocycles. The third-order valence-corrected chi connectivity index (χ3v) is 1.85. The fourth-order valence-electron chi connectivity index (χ4n) is 1.06. The summed E-state index contributed by atoms with van der Waals surface area (Å²) in [7, 11) is 0. The quantitative estimate of drug-likeness (QED) is 0.610. The molecule has 0 aliphatic rings. The fraction of sp³-hybridized carbons (Fsp3) is 0. The van der Waals surface area contributed by atoms with Crippen molar-refractivity contribution in [3.05, 3.63) is 52.6 Å². The van der Waals surface area contributed by atoms with E-state index >= 15 is 0 Å². The molecule has 0 saturated carbocycles. The number of aromatic amines is 2. The van der Waals surface area contributed by atoms with Crippen molar-refractivity contribution >= 4 is 11.8 Å². The van der Waals surface area contributed by atoms with E-state index in [-0.39, 0.29) is 11.3 Å². The Labute approximate surface area is 102 Å². The van der Waals surface area contributed by atoms with Gasteiger partial charge in [-0.05, 0) is 6.07 Å². The second-order valence-corrected chi connectivity index (χ2v) is 3.19. The Balaban J connectivity index is 0.000000184. The van der Waals surface area contributed by atoms with Crippen LogP contribution in [0.2, 0.25) is 0 Å². The van der Waals surface area contributed by atoms with Crippen molar-refractivity contribution in [1.82, 2.24) is 4.98 Å². The van der Waals surface area contributed by atoms with Gasteiger partial charge in [-0.25, -0.2) is 9.78 Å². The molecule has 2 aromatic rings. The van der Waals surface area contributed by atoms with Gasteiger partial charge in [-0.2, -0.15) is 9.78 Å². The zero-order valence-corrected chi connectivity index (χ0v) is 9.21. The van der Waals surface area contributed by atoms with E-state index in [0.717, 1.165) is 0 Å². The molecule has 7 heteroatoms. The molecule has 0 aliphatic heterocycles. The van der Waals surface area contributed by atoms with Crippen LogP contribution in [0.25, 0.3) is 0 Å². The number of aromatic carboxylic acids is 1. The van der Waals surface area contributed by atoms with Gasteiger partial charge in [0.15, 0.2) is 5.82 Å². The molecule has 0 bridgehead atoms. The summed E-state index contributed by atoms with van der Waals surface area (Å²) in [5.74, 6) is -1.26. The number of carboxylic acid groups (broad SMARTS) is 1. The number of hydrogen-bond acceptors (Lipinski definition) is 4. The standard InChI is InChI=1S/C7H6O3.C4H5N3O/c8-6-4-2-1-3-5(6)7(9)10;5-3-1-2-6-4(8)7-3/h1-4,8H,(H,9,10);1-2H,(H3,5,6,7,8). The molecule has 2 rings (SSSR count). The molecule has 0 atom stereocenters. The number of rotatable bonds is 1. The van der Waals surface area contributed by atoms with Crippen molar-refractivity contribution in [1.29, 1.82) is 0 Å². The smallest absolute Gasteiger partial charge is 0.495 e. The highest BCUT2D eigenvalue weighted by atomic mass is 16.4. The van der Waals surface area contributed by atoms with Gasteiger partial charge < -0.3 is 15.9 Å². The lowest BCUT2D eigenvalue weighted by atomic mass is 10.2. The van der Waals surface area contributed by atoms with Gasteiger partial charge in [-0.3, -0.25) is 0 Å². The number of benzene rings is 1. The van der Waals surface area contributed by atoms with E-state index in [1.807, 2.05) is 0 Å². The van der Waals surface area contributed by atoms with E-state index in [1.165, 1.54) is 30.5 Å². The lowest BCUT2D eigenvalue weighted by Crippen LogP contribution is -2.28. The molecule has 5 N–H and O–H groups in total. The lowest BCUT2D eigenvalue weighted by molar-refractivity contribution is -0.402. The van der Waals surface area contributed by atoms with Crippen LogP contribution in [-0.4, -0.2) is 16.1 Å². The van der Waals surface area contributed by atoms with Crippen LogP contribution in [0, 0.1) is 0 Å². The van der Waals surface area contributed by atoms with Crippen LogP contribution in [-0.2, 0) is 0 Å². The second kappa shape index (κ2) is 6.04. The molecule has 1 aromatic heterocycles. The van der Waals surface area contributed by atoms with Crippen molar-refractivity contribution in [3.8, 4) is 5.75 Å². The van der Waals surface area contributed by atoms with Gasteiger partial charge in [-0.15, -0.1) is 0 Å². The predicted molar refractivity (Wildman–Crippen MR) is 60.9 cm³/mol. The molecule has 0 saturated heterocycles. The van der Waals surface area contributed by atoms with Gasteiger partial charge in [0.25, 0.3) is 0 Å². The topological polar surface area (TPSA) is 133 Å². The van der Waals surface area contributed by atoms with Gasteiger partial charge >= 0.3 is 11.7 Å². The van der Waals surface area contributed by atoms with Gasteiger partial charge in [0, 0.05) is 6.07 Å². The van der Waals surface area contributed by atoms with Crippen LogP contribution in [0.15, 0.2) is 41.3 Å². The van der Waals surface area contributed by atoms with E-state index in [1.54, 1.807) is 6.07 Å². The van der Waals surface area contributed by atoms with Crippen LogP contribution in [0.3, 0.4) is 0 Å². The summed E-state index contributed by atoms with van der Waals surface area (Å²) in [6, 6.07) is 7.11. The Morgan fingerprint density at radius 1 is 1.33 bits per heavy atom. The highest BCUT2D eigenvalue weighted by molar-refractivity contribution is 5.90. The molecule has 0 radical (unpaired) electrons. The lowest BCUT2D eigenvalue weighted by Gasteiger charge is -2.07. The van der Waals surface area contributed by atoms with Crippen LogP contribution in [0.5, 0.6) is 5.75 Å². The van der Waals surface area contributed by atoms with Crippen molar-refractivity contribution < 1.29 is 20.0 Å². The van der Waals surface area contributed by atoms with Crippen molar-refractivity contribution in [2.24, 2.45) is 0 Å². The number of nitrogen functional groups attached to an aromatic ring is 1. The van der Waals surface area contributed by atoms with E-state index < -0.39 is 11.7 Å². The summed E-state index contributed by atoms with van der Waals surface area (Å²) in [5, 5.41) is 19.0. The zero-order valence-electron chi connectivity index (χ0n) is 9.21. The van der Waals surface area contributed by atoms with Crippen LogP contribution in [0.4, 0.5) is 5.82 Å². The van der Waals surface area contributed by atoms with Gasteiger partial charge in [0.2, 0.25) is 0 Å². The number of hydrogen-bond donors (Lipinski definition) is 3. The summed E-state index contributed by atoms with van der Waals surface area (Å²) in [4.78, 5) is 25.2. The van der Waals surface area contributed by atoms with Crippen molar-refractivity contribution in [3.63, 3.8) is 0 Å². The number of carboxylic acids is 1. The van der Waals surface area contributed by atoms with Gasteiger partial charge in [-0.1, -0.05) is 23.9 Å². The minimum Gasteiger partial charge on any atom is -0.872 e. The maximum atomic E-state index is 10.7. The molecule has 0 fully saturated rings. The average Bonchev–Trinajstić information content (AvgIpc) is 2.29. The maximum absolute atomic E-state index is 10.7. The molecule has 7 nitrogen and oxygen atoms in total. The highest BCUT2D eigenvalue weighted by Gasteiger charge is 1.99. The number of aromatic nitrogens is 2. The number of nitrogens with two attached hydrogens (primary N) is 1. The number of H-pyrrole nitrogens is 2. The molecular formula is C11H11N3O4. The predicted octanol–water partition coefficient (Wildman–Crippen LogP) is -0.770.